The van der Waals surface area contributed by atoms with E-state index in [9.17, 15) is 4.79 Å². The zero-order valence-electron chi connectivity index (χ0n) is 10.8. The van der Waals surface area contributed by atoms with Gasteiger partial charge in [-0.05, 0) is 18.4 Å². The van der Waals surface area contributed by atoms with E-state index in [0.29, 0.717) is 10.3 Å². The topological polar surface area (TPSA) is 67.8 Å². The number of benzene rings is 1. The van der Waals surface area contributed by atoms with Gasteiger partial charge in [-0.3, -0.25) is 10.1 Å². The van der Waals surface area contributed by atoms with E-state index in [1.807, 2.05) is 30.5 Å². The summed E-state index contributed by atoms with van der Waals surface area (Å²) in [5, 5.41) is 3.95. The summed E-state index contributed by atoms with van der Waals surface area (Å²) in [4.78, 5) is 24.7. The number of halogens is 1. The van der Waals surface area contributed by atoms with Gasteiger partial charge in [0.05, 0.1) is 21.4 Å². The van der Waals surface area contributed by atoms with Gasteiger partial charge in [0.1, 0.15) is 0 Å². The number of carbonyl (C=O) groups is 1. The number of carbonyl (C=O) groups excluding carboxylic acids is 1. The number of thioether (sulfide) groups is 1. The summed E-state index contributed by atoms with van der Waals surface area (Å²) in [6, 6.07) is 7.68. The summed E-state index contributed by atoms with van der Waals surface area (Å²) in [6.45, 7) is 0. The normalized spacial score (nSPS) is 10.8. The Balaban J connectivity index is 1.89. The molecular formula is C13H9ClN4OS2. The first kappa shape index (κ1) is 14.2. The van der Waals surface area contributed by atoms with Crippen molar-refractivity contribution in [2.24, 2.45) is 0 Å². The van der Waals surface area contributed by atoms with Crippen molar-refractivity contribution in [1.29, 1.82) is 0 Å². The highest BCUT2D eigenvalue weighted by molar-refractivity contribution is 7.98. The van der Waals surface area contributed by atoms with Crippen molar-refractivity contribution < 1.29 is 4.79 Å². The number of nitrogens with zero attached hydrogens (tertiary/aromatic N) is 3. The quantitative estimate of drug-likeness (QED) is 0.583. The Kier molecular flexibility index (Phi) is 4.05. The van der Waals surface area contributed by atoms with Gasteiger partial charge in [0.2, 0.25) is 0 Å². The van der Waals surface area contributed by atoms with Crippen LogP contribution in [-0.2, 0) is 0 Å². The molecule has 8 heteroatoms. The van der Waals surface area contributed by atoms with E-state index in [1.165, 1.54) is 29.3 Å². The van der Waals surface area contributed by atoms with Crippen LogP contribution in [0.1, 0.15) is 10.5 Å². The molecule has 0 spiro atoms. The molecule has 0 aliphatic carbocycles. The first-order valence-corrected chi connectivity index (χ1v) is 8.33. The maximum atomic E-state index is 12.3. The first-order valence-electron chi connectivity index (χ1n) is 5.91. The molecule has 0 atom stereocenters. The van der Waals surface area contributed by atoms with Crippen molar-refractivity contribution in [2.45, 2.75) is 5.16 Å². The van der Waals surface area contributed by atoms with Crippen LogP contribution < -0.4 is 5.32 Å². The van der Waals surface area contributed by atoms with E-state index in [4.69, 9.17) is 11.6 Å². The predicted molar refractivity (Wildman–Crippen MR) is 86.4 cm³/mol. The van der Waals surface area contributed by atoms with Crippen molar-refractivity contribution in [3.63, 3.8) is 0 Å². The monoisotopic (exact) mass is 336 g/mol. The molecule has 0 bridgehead atoms. The molecule has 0 aliphatic rings. The lowest BCUT2D eigenvalue weighted by Crippen LogP contribution is -2.15. The van der Waals surface area contributed by atoms with Crippen LogP contribution >= 0.6 is 34.7 Å². The molecule has 1 N–H and O–H groups in total. The van der Waals surface area contributed by atoms with Gasteiger partial charge in [0, 0.05) is 0 Å². The lowest BCUT2D eigenvalue weighted by Gasteiger charge is -2.04. The summed E-state index contributed by atoms with van der Waals surface area (Å²) < 4.78 is 1.01. The fourth-order valence-electron chi connectivity index (χ4n) is 1.69. The van der Waals surface area contributed by atoms with Crippen molar-refractivity contribution in [1.82, 2.24) is 15.0 Å². The Morgan fingerprint density at radius 2 is 2.14 bits per heavy atom. The number of fused-ring (bicyclic) bond motifs is 1. The van der Waals surface area contributed by atoms with Gasteiger partial charge in [-0.2, -0.15) is 0 Å². The third-order valence-corrected chi connectivity index (χ3v) is 4.42. The molecule has 1 amide bonds. The standard InChI is InChI=1S/C13H9ClN4OS2/c1-20-12-15-6-7(14)10(17-12)11(19)18-13-16-8-4-2-3-5-9(8)21-13/h2-6H,1H3,(H,16,18,19). The molecule has 3 rings (SSSR count). The number of hydrogen-bond acceptors (Lipinski definition) is 6. The average molecular weight is 337 g/mol. The van der Waals surface area contributed by atoms with Crippen LogP contribution in [0.3, 0.4) is 0 Å². The van der Waals surface area contributed by atoms with Crippen LogP contribution in [0.5, 0.6) is 0 Å². The van der Waals surface area contributed by atoms with Gasteiger partial charge in [-0.1, -0.05) is 46.8 Å². The second-order valence-electron chi connectivity index (χ2n) is 3.99. The summed E-state index contributed by atoms with van der Waals surface area (Å²) in [5.41, 5.74) is 0.992. The lowest BCUT2D eigenvalue weighted by atomic mass is 10.3. The Hall–Kier alpha value is -1.70. The molecule has 0 radical (unpaired) electrons. The Bertz CT molecular complexity index is 788. The third kappa shape index (κ3) is 2.99. The molecule has 5 nitrogen and oxygen atoms in total. The van der Waals surface area contributed by atoms with Gasteiger partial charge in [0.25, 0.3) is 5.91 Å². The molecular weight excluding hydrogens is 328 g/mol. The minimum absolute atomic E-state index is 0.148. The van der Waals surface area contributed by atoms with E-state index in [2.05, 4.69) is 20.3 Å². The molecule has 106 valence electrons. The Labute approximate surface area is 133 Å². The van der Waals surface area contributed by atoms with Crippen molar-refractivity contribution >= 4 is 56.0 Å². The Morgan fingerprint density at radius 1 is 1.33 bits per heavy atom. The summed E-state index contributed by atoms with van der Waals surface area (Å²) in [7, 11) is 0. The number of hydrogen-bond donors (Lipinski definition) is 1. The number of nitrogens with one attached hydrogen (secondary N) is 1. The molecule has 2 heterocycles. The highest BCUT2D eigenvalue weighted by Crippen LogP contribution is 2.26. The average Bonchev–Trinajstić information content (AvgIpc) is 2.89. The van der Waals surface area contributed by atoms with E-state index >= 15 is 0 Å². The largest absolute Gasteiger partial charge is 0.296 e. The highest BCUT2D eigenvalue weighted by atomic mass is 35.5. The number of amides is 1. The fraction of sp³-hybridized carbons (Fsp3) is 0.0769. The first-order chi connectivity index (χ1) is 10.2. The van der Waals surface area contributed by atoms with E-state index < -0.39 is 5.91 Å². The molecule has 21 heavy (non-hydrogen) atoms. The van der Waals surface area contributed by atoms with Crippen LogP contribution in [-0.4, -0.2) is 27.1 Å². The van der Waals surface area contributed by atoms with E-state index in [1.54, 1.807) is 0 Å². The van der Waals surface area contributed by atoms with Gasteiger partial charge in [0.15, 0.2) is 16.0 Å². The van der Waals surface area contributed by atoms with Gasteiger partial charge < -0.3 is 0 Å². The summed E-state index contributed by atoms with van der Waals surface area (Å²) >= 11 is 8.73. The van der Waals surface area contributed by atoms with Crippen LogP contribution in [0.25, 0.3) is 10.2 Å². The van der Waals surface area contributed by atoms with Crippen molar-refractivity contribution in [2.75, 3.05) is 11.6 Å². The van der Waals surface area contributed by atoms with Gasteiger partial charge in [-0.25, -0.2) is 15.0 Å². The molecule has 0 aliphatic heterocycles. The Morgan fingerprint density at radius 3 is 2.90 bits per heavy atom. The van der Waals surface area contributed by atoms with Crippen LogP contribution in [0.4, 0.5) is 5.13 Å². The molecule has 0 unspecified atom stereocenters. The van der Waals surface area contributed by atoms with Crippen LogP contribution in [0.15, 0.2) is 35.6 Å². The van der Waals surface area contributed by atoms with E-state index in [0.717, 1.165) is 10.2 Å². The van der Waals surface area contributed by atoms with E-state index in [-0.39, 0.29) is 10.7 Å². The predicted octanol–water partition coefficient (Wildman–Crippen LogP) is 3.71. The maximum Gasteiger partial charge on any atom is 0.277 e. The molecule has 0 fully saturated rings. The SMILES string of the molecule is CSc1ncc(Cl)c(C(=O)Nc2nc3ccccc3s2)n1. The minimum atomic E-state index is -0.392. The number of rotatable bonds is 3. The molecule has 2 aromatic heterocycles. The molecule has 0 saturated carbocycles. The van der Waals surface area contributed by atoms with Crippen LogP contribution in [0.2, 0.25) is 5.02 Å². The number of aromatic nitrogens is 3. The zero-order valence-corrected chi connectivity index (χ0v) is 13.2. The molecule has 1 aromatic carbocycles. The third-order valence-electron chi connectivity index (χ3n) is 2.63. The van der Waals surface area contributed by atoms with Crippen LogP contribution in [0, 0.1) is 0 Å². The number of thiazole rings is 1. The molecule has 0 saturated heterocycles. The second-order valence-corrected chi connectivity index (χ2v) is 6.21. The zero-order chi connectivity index (χ0) is 14.8. The minimum Gasteiger partial charge on any atom is -0.296 e. The number of para-hydroxylation sites is 1. The fourth-order valence-corrected chi connectivity index (χ4v) is 3.07. The molecule has 3 aromatic rings. The number of anilines is 1. The van der Waals surface area contributed by atoms with Crippen molar-refractivity contribution in [3.05, 3.63) is 41.2 Å². The summed E-state index contributed by atoms with van der Waals surface area (Å²) in [5.74, 6) is -0.392. The maximum absolute atomic E-state index is 12.3. The van der Waals surface area contributed by atoms with Gasteiger partial charge in [-0.15, -0.1) is 0 Å². The van der Waals surface area contributed by atoms with Gasteiger partial charge >= 0.3 is 0 Å². The second kappa shape index (κ2) is 5.97. The smallest absolute Gasteiger partial charge is 0.277 e. The highest BCUT2D eigenvalue weighted by Gasteiger charge is 2.16. The summed E-state index contributed by atoms with van der Waals surface area (Å²) in [6.07, 6.45) is 3.26. The lowest BCUT2D eigenvalue weighted by molar-refractivity contribution is 0.102. The van der Waals surface area contributed by atoms with Crippen molar-refractivity contribution in [3.8, 4) is 0 Å².